The van der Waals surface area contributed by atoms with Gasteiger partial charge in [-0.15, -0.1) is 0 Å². The molecule has 0 fully saturated rings. The summed E-state index contributed by atoms with van der Waals surface area (Å²) in [5.41, 5.74) is 3.17. The van der Waals surface area contributed by atoms with Crippen LogP contribution in [0.25, 0.3) is 10.9 Å². The highest BCUT2D eigenvalue weighted by Crippen LogP contribution is 2.24. The maximum atomic E-state index is 13.0. The fourth-order valence-corrected chi connectivity index (χ4v) is 3.57. The van der Waals surface area contributed by atoms with Gasteiger partial charge in [0, 0.05) is 28.2 Å². The minimum atomic E-state index is -0.0965. The molecule has 4 aromatic rings. The van der Waals surface area contributed by atoms with Crippen LogP contribution in [0.4, 0.5) is 0 Å². The second-order valence-electron chi connectivity index (χ2n) is 7.08. The van der Waals surface area contributed by atoms with Gasteiger partial charge in [0.1, 0.15) is 6.54 Å². The van der Waals surface area contributed by atoms with E-state index in [-0.39, 0.29) is 24.3 Å². The Morgan fingerprint density at radius 2 is 1.48 bits per heavy atom. The van der Waals surface area contributed by atoms with Gasteiger partial charge in [-0.1, -0.05) is 78.9 Å². The number of fused-ring (bicyclic) bond motifs is 1. The fourth-order valence-electron chi connectivity index (χ4n) is 3.57. The van der Waals surface area contributed by atoms with Crippen LogP contribution in [-0.4, -0.2) is 16.3 Å². The Morgan fingerprint density at radius 1 is 0.862 bits per heavy atom. The molecule has 29 heavy (non-hydrogen) atoms. The van der Waals surface area contributed by atoms with Crippen molar-refractivity contribution in [3.63, 3.8) is 0 Å². The third kappa shape index (κ3) is 3.97. The monoisotopic (exact) mass is 382 g/mol. The van der Waals surface area contributed by atoms with Crippen LogP contribution in [0.15, 0.2) is 91.1 Å². The second-order valence-corrected chi connectivity index (χ2v) is 7.08. The fraction of sp³-hybridized carbons (Fsp3) is 0.120. The van der Waals surface area contributed by atoms with E-state index in [9.17, 15) is 9.59 Å². The van der Waals surface area contributed by atoms with Crippen molar-refractivity contribution in [1.29, 1.82) is 0 Å². The highest BCUT2D eigenvalue weighted by Gasteiger charge is 2.18. The summed E-state index contributed by atoms with van der Waals surface area (Å²) in [7, 11) is 0. The number of benzene rings is 3. The number of carbonyl (C=O) groups is 2. The van der Waals surface area contributed by atoms with Gasteiger partial charge in [-0.25, -0.2) is 0 Å². The quantitative estimate of drug-likeness (QED) is 0.489. The van der Waals surface area contributed by atoms with Crippen molar-refractivity contribution in [1.82, 2.24) is 9.88 Å². The first-order valence-corrected chi connectivity index (χ1v) is 9.65. The summed E-state index contributed by atoms with van der Waals surface area (Å²) in [5, 5.41) is 3.89. The average Bonchev–Trinajstić information content (AvgIpc) is 3.12. The largest absolute Gasteiger partial charge is 0.348 e. The lowest BCUT2D eigenvalue weighted by molar-refractivity contribution is -0.122. The van der Waals surface area contributed by atoms with Crippen molar-refractivity contribution in [2.24, 2.45) is 0 Å². The minimum Gasteiger partial charge on any atom is -0.348 e. The zero-order valence-corrected chi connectivity index (χ0v) is 16.2. The Morgan fingerprint density at radius 3 is 2.21 bits per heavy atom. The van der Waals surface area contributed by atoms with E-state index in [2.05, 4.69) is 5.32 Å². The summed E-state index contributed by atoms with van der Waals surface area (Å²) in [6.45, 7) is 2.12. The molecule has 0 bridgehead atoms. The Kier molecular flexibility index (Phi) is 5.25. The third-order valence-electron chi connectivity index (χ3n) is 5.06. The molecule has 0 saturated heterocycles. The van der Waals surface area contributed by atoms with Gasteiger partial charge in [-0.3, -0.25) is 9.59 Å². The van der Waals surface area contributed by atoms with Crippen LogP contribution in [0.2, 0.25) is 0 Å². The topological polar surface area (TPSA) is 51.1 Å². The summed E-state index contributed by atoms with van der Waals surface area (Å²) in [4.78, 5) is 25.7. The number of hydrogen-bond donors (Lipinski definition) is 1. The molecule has 0 aliphatic rings. The van der Waals surface area contributed by atoms with E-state index in [1.54, 1.807) is 6.20 Å². The number of hydrogen-bond acceptors (Lipinski definition) is 2. The molecule has 1 amide bonds. The zero-order valence-electron chi connectivity index (χ0n) is 16.2. The molecule has 144 valence electrons. The molecule has 1 aromatic heterocycles. The normalized spacial score (nSPS) is 11.9. The van der Waals surface area contributed by atoms with E-state index in [4.69, 9.17) is 0 Å². The van der Waals surface area contributed by atoms with Gasteiger partial charge >= 0.3 is 0 Å². The van der Waals surface area contributed by atoms with Crippen LogP contribution in [0.3, 0.4) is 0 Å². The molecule has 4 rings (SSSR count). The van der Waals surface area contributed by atoms with Crippen LogP contribution in [-0.2, 0) is 11.3 Å². The lowest BCUT2D eigenvalue weighted by atomic mass is 10.0. The first-order valence-electron chi connectivity index (χ1n) is 9.65. The summed E-state index contributed by atoms with van der Waals surface area (Å²) in [6.07, 6.45) is 1.78. The number of amides is 1. The molecule has 0 saturated carbocycles. The number of para-hydroxylation sites is 1. The number of ketones is 1. The number of rotatable bonds is 6. The van der Waals surface area contributed by atoms with Crippen molar-refractivity contribution < 1.29 is 9.59 Å². The number of aromatic nitrogens is 1. The van der Waals surface area contributed by atoms with Gasteiger partial charge in [0.2, 0.25) is 5.91 Å². The first kappa shape index (κ1) is 18.7. The second kappa shape index (κ2) is 8.15. The van der Waals surface area contributed by atoms with E-state index in [0.717, 1.165) is 16.5 Å². The molecule has 0 unspecified atom stereocenters. The zero-order chi connectivity index (χ0) is 20.2. The minimum absolute atomic E-state index is 0.0430. The smallest absolute Gasteiger partial charge is 0.240 e. The Bertz CT molecular complexity index is 1150. The molecular formula is C25H22N2O2. The number of nitrogens with zero attached hydrogens (tertiary/aromatic N) is 1. The van der Waals surface area contributed by atoms with Gasteiger partial charge in [-0.2, -0.15) is 0 Å². The summed E-state index contributed by atoms with van der Waals surface area (Å²) >= 11 is 0. The highest BCUT2D eigenvalue weighted by molar-refractivity contribution is 6.16. The Labute approximate surface area is 169 Å². The molecule has 1 N–H and O–H groups in total. The molecule has 1 atom stereocenters. The Balaban J connectivity index is 1.60. The summed E-state index contributed by atoms with van der Waals surface area (Å²) < 4.78 is 1.85. The summed E-state index contributed by atoms with van der Waals surface area (Å²) in [5.74, 6) is -0.139. The van der Waals surface area contributed by atoms with E-state index >= 15 is 0 Å². The molecule has 4 heteroatoms. The van der Waals surface area contributed by atoms with E-state index in [1.165, 1.54) is 0 Å². The van der Waals surface area contributed by atoms with Gasteiger partial charge in [0.05, 0.1) is 6.04 Å². The first-order chi connectivity index (χ1) is 14.1. The highest BCUT2D eigenvalue weighted by atomic mass is 16.2. The van der Waals surface area contributed by atoms with Crippen LogP contribution < -0.4 is 5.32 Å². The molecular weight excluding hydrogens is 360 g/mol. The predicted molar refractivity (Wildman–Crippen MR) is 115 cm³/mol. The summed E-state index contributed by atoms with van der Waals surface area (Å²) in [6, 6.07) is 26.7. The number of carbonyl (C=O) groups excluding carboxylic acids is 2. The third-order valence-corrected chi connectivity index (χ3v) is 5.06. The van der Waals surface area contributed by atoms with Crippen molar-refractivity contribution in [2.75, 3.05) is 0 Å². The van der Waals surface area contributed by atoms with Gasteiger partial charge < -0.3 is 9.88 Å². The van der Waals surface area contributed by atoms with Gasteiger partial charge in [-0.05, 0) is 18.6 Å². The predicted octanol–water partition coefficient (Wildman–Crippen LogP) is 4.75. The standard InChI is InChI=1S/C25H22N2O2/c1-18(19-10-4-2-5-11-19)26-24(28)17-27-16-22(21-14-8-9-15-23(21)27)25(29)20-12-6-3-7-13-20/h2-16,18H,17H2,1H3,(H,26,28)/t18-/m1/s1. The maximum Gasteiger partial charge on any atom is 0.240 e. The van der Waals surface area contributed by atoms with E-state index in [0.29, 0.717) is 11.1 Å². The van der Waals surface area contributed by atoms with Crippen molar-refractivity contribution in [3.8, 4) is 0 Å². The van der Waals surface area contributed by atoms with E-state index < -0.39 is 0 Å². The average molecular weight is 382 g/mol. The molecule has 1 heterocycles. The molecule has 0 radical (unpaired) electrons. The van der Waals surface area contributed by atoms with Crippen LogP contribution in [0.5, 0.6) is 0 Å². The SMILES string of the molecule is C[C@@H](NC(=O)Cn1cc(C(=O)c2ccccc2)c2ccccc21)c1ccccc1. The molecule has 3 aromatic carbocycles. The van der Waals surface area contributed by atoms with Crippen LogP contribution in [0.1, 0.15) is 34.5 Å². The number of nitrogens with one attached hydrogen (secondary N) is 1. The van der Waals surface area contributed by atoms with Crippen molar-refractivity contribution in [3.05, 3.63) is 108 Å². The molecule has 4 nitrogen and oxygen atoms in total. The lowest BCUT2D eigenvalue weighted by Gasteiger charge is -2.15. The maximum absolute atomic E-state index is 13.0. The van der Waals surface area contributed by atoms with E-state index in [1.807, 2.05) is 96.4 Å². The molecule has 0 spiro atoms. The Hall–Kier alpha value is -3.66. The van der Waals surface area contributed by atoms with Gasteiger partial charge in [0.15, 0.2) is 5.78 Å². The van der Waals surface area contributed by atoms with Crippen molar-refractivity contribution >= 4 is 22.6 Å². The lowest BCUT2D eigenvalue weighted by Crippen LogP contribution is -2.29. The molecule has 0 aliphatic carbocycles. The molecule has 0 aliphatic heterocycles. The van der Waals surface area contributed by atoms with Gasteiger partial charge in [0.25, 0.3) is 0 Å². The van der Waals surface area contributed by atoms with Crippen LogP contribution in [0, 0.1) is 0 Å². The van der Waals surface area contributed by atoms with Crippen LogP contribution >= 0.6 is 0 Å². The van der Waals surface area contributed by atoms with Crippen molar-refractivity contribution in [2.45, 2.75) is 19.5 Å².